The van der Waals surface area contributed by atoms with E-state index >= 15 is 0 Å². The molecule has 0 bridgehead atoms. The molecule has 0 aromatic heterocycles. The number of amides is 2. The van der Waals surface area contributed by atoms with Crippen molar-refractivity contribution in [2.75, 3.05) is 11.9 Å². The third-order valence-corrected chi connectivity index (χ3v) is 3.45. The van der Waals surface area contributed by atoms with Crippen LogP contribution in [0.15, 0.2) is 18.2 Å². The summed E-state index contributed by atoms with van der Waals surface area (Å²) in [5.74, 6) is -1.70. The number of carbonyl (C=O) groups is 3. The molecule has 154 valence electrons. The number of benzene rings is 1. The van der Waals surface area contributed by atoms with Crippen LogP contribution in [-0.2, 0) is 14.4 Å². The topological polar surface area (TPSA) is 139 Å². The van der Waals surface area contributed by atoms with Crippen molar-refractivity contribution >= 4 is 29.7 Å². The Kier molecular flexibility index (Phi) is 8.52. The maximum atomic E-state index is 12.0. The van der Waals surface area contributed by atoms with Gasteiger partial charge >= 0.3 is 5.97 Å². The number of nitro groups is 1. The van der Waals surface area contributed by atoms with Crippen LogP contribution >= 0.6 is 0 Å². The monoisotopic (exact) mass is 395 g/mol. The lowest BCUT2D eigenvalue weighted by Crippen LogP contribution is -2.33. The first-order chi connectivity index (χ1) is 13.0. The number of nitrogens with one attached hydrogen (secondary N) is 1. The Morgan fingerprint density at radius 3 is 2.46 bits per heavy atom. The zero-order chi connectivity index (χ0) is 21.3. The average Bonchev–Trinajstić information content (AvgIpc) is 2.58. The largest absolute Gasteiger partial charge is 0.478 e. The Hall–Kier alpha value is -3.01. The number of anilines is 1. The molecular weight excluding hydrogens is 370 g/mol. The highest BCUT2D eigenvalue weighted by Gasteiger charge is 2.16. The van der Waals surface area contributed by atoms with Crippen LogP contribution in [0.4, 0.5) is 11.4 Å². The predicted octanol–water partition coefficient (Wildman–Crippen LogP) is 2.98. The molecule has 0 unspecified atom stereocenters. The van der Waals surface area contributed by atoms with Gasteiger partial charge in [-0.15, -0.1) is 0 Å². The van der Waals surface area contributed by atoms with E-state index in [0.29, 0.717) is 32.2 Å². The number of non-ortho nitro benzene ring substituents is 1. The second-order valence-electron chi connectivity index (χ2n) is 7.14. The molecule has 0 spiro atoms. The predicted molar refractivity (Wildman–Crippen MR) is 101 cm³/mol. The van der Waals surface area contributed by atoms with E-state index in [1.54, 1.807) is 0 Å². The van der Waals surface area contributed by atoms with E-state index < -0.39 is 22.2 Å². The van der Waals surface area contributed by atoms with Crippen LogP contribution in [0.25, 0.3) is 0 Å². The van der Waals surface area contributed by atoms with E-state index in [9.17, 15) is 24.5 Å². The van der Waals surface area contributed by atoms with E-state index in [1.165, 1.54) is 11.1 Å². The summed E-state index contributed by atoms with van der Waals surface area (Å²) in [5, 5.41) is 23.6. The van der Waals surface area contributed by atoms with E-state index in [-0.39, 0.29) is 23.6 Å². The summed E-state index contributed by atoms with van der Waals surface area (Å²) in [5.41, 5.74) is -1.11. The minimum absolute atomic E-state index is 0.0577. The van der Waals surface area contributed by atoms with Crippen LogP contribution in [0.2, 0.25) is 0 Å². The summed E-state index contributed by atoms with van der Waals surface area (Å²) in [6, 6.07) is 3.20. The molecule has 0 aliphatic carbocycles. The van der Waals surface area contributed by atoms with Crippen LogP contribution in [0.1, 0.15) is 56.8 Å². The number of hydrogen-bond acceptors (Lipinski definition) is 6. The van der Waals surface area contributed by atoms with Crippen molar-refractivity contribution < 1.29 is 29.3 Å². The van der Waals surface area contributed by atoms with Crippen LogP contribution in [0.5, 0.6) is 0 Å². The van der Waals surface area contributed by atoms with Gasteiger partial charge in [-0.25, -0.2) is 9.86 Å². The Morgan fingerprint density at radius 2 is 1.93 bits per heavy atom. The summed E-state index contributed by atoms with van der Waals surface area (Å²) in [6.45, 7) is 5.89. The maximum Gasteiger partial charge on any atom is 0.336 e. The number of nitrogens with zero attached hydrogens (tertiary/aromatic N) is 2. The number of carboxylic acid groups (broad SMARTS) is 1. The minimum Gasteiger partial charge on any atom is -0.478 e. The van der Waals surface area contributed by atoms with Gasteiger partial charge in [0, 0.05) is 30.8 Å². The Balaban J connectivity index is 2.48. The van der Waals surface area contributed by atoms with Gasteiger partial charge in [0.2, 0.25) is 12.3 Å². The molecule has 2 N–H and O–H groups in total. The molecule has 0 fully saturated rings. The van der Waals surface area contributed by atoms with E-state index in [2.05, 4.69) is 5.32 Å². The first kappa shape index (κ1) is 23.0. The Bertz CT molecular complexity index is 696. The first-order valence-electron chi connectivity index (χ1n) is 8.75. The highest BCUT2D eigenvalue weighted by Crippen LogP contribution is 2.21. The second-order valence-corrected chi connectivity index (χ2v) is 7.14. The third kappa shape index (κ3) is 8.58. The SMILES string of the molecule is CC(C)(C)ON(C=O)CCCCCC(=O)Nc1cc(C(=O)O)cc([N+](=O)[O-])c1. The zero-order valence-electron chi connectivity index (χ0n) is 16.1. The Morgan fingerprint density at radius 1 is 1.25 bits per heavy atom. The number of carboxylic acids is 1. The molecule has 10 heteroatoms. The molecule has 28 heavy (non-hydrogen) atoms. The molecule has 0 aliphatic rings. The molecule has 1 aromatic carbocycles. The quantitative estimate of drug-likeness (QED) is 0.254. The second kappa shape index (κ2) is 10.4. The van der Waals surface area contributed by atoms with Crippen LogP contribution in [0.3, 0.4) is 0 Å². The standard InChI is InChI=1S/C18H25N3O7/c1-18(2,3)28-20(12-22)8-6-4-5-7-16(23)19-14-9-13(17(24)25)10-15(11-14)21(26)27/h9-12H,4-8H2,1-3H3,(H,19,23)(H,24,25). The fraction of sp³-hybridized carbons (Fsp3) is 0.500. The number of aromatic carboxylic acids is 1. The van der Waals surface area contributed by atoms with Gasteiger partial charge in [0.15, 0.2) is 0 Å². The smallest absolute Gasteiger partial charge is 0.336 e. The lowest BCUT2D eigenvalue weighted by Gasteiger charge is -2.26. The van der Waals surface area contributed by atoms with E-state index in [0.717, 1.165) is 12.1 Å². The molecule has 0 atom stereocenters. The summed E-state index contributed by atoms with van der Waals surface area (Å²) in [4.78, 5) is 49.6. The molecule has 0 saturated carbocycles. The van der Waals surface area contributed by atoms with Gasteiger partial charge in [-0.1, -0.05) is 6.42 Å². The fourth-order valence-corrected chi connectivity index (χ4v) is 2.34. The number of unbranched alkanes of at least 4 members (excludes halogenated alkanes) is 2. The van der Waals surface area contributed by atoms with Crippen molar-refractivity contribution in [3.63, 3.8) is 0 Å². The lowest BCUT2D eigenvalue weighted by atomic mass is 10.1. The normalized spacial score (nSPS) is 11.0. The molecule has 0 aliphatic heterocycles. The molecule has 0 radical (unpaired) electrons. The molecular formula is C18H25N3O7. The fourth-order valence-electron chi connectivity index (χ4n) is 2.34. The van der Waals surface area contributed by atoms with Crippen LogP contribution in [-0.4, -0.2) is 45.5 Å². The van der Waals surface area contributed by atoms with Gasteiger partial charge in [0.25, 0.3) is 5.69 Å². The summed E-state index contributed by atoms with van der Waals surface area (Å²) in [6.07, 6.45) is 2.62. The molecule has 1 aromatic rings. The highest BCUT2D eigenvalue weighted by atomic mass is 16.7. The number of carbonyl (C=O) groups excluding carboxylic acids is 2. The van der Waals surface area contributed by atoms with Gasteiger partial charge in [0.1, 0.15) is 0 Å². The lowest BCUT2D eigenvalue weighted by molar-refractivity contribution is -0.384. The highest BCUT2D eigenvalue weighted by molar-refractivity contribution is 5.94. The van der Waals surface area contributed by atoms with Crippen molar-refractivity contribution in [3.05, 3.63) is 33.9 Å². The molecule has 10 nitrogen and oxygen atoms in total. The number of nitro benzene ring substituents is 1. The third-order valence-electron chi connectivity index (χ3n) is 3.45. The average molecular weight is 395 g/mol. The van der Waals surface area contributed by atoms with Crippen LogP contribution in [0, 0.1) is 10.1 Å². The van der Waals surface area contributed by atoms with Crippen LogP contribution < -0.4 is 5.32 Å². The molecule has 2 amide bonds. The minimum atomic E-state index is -1.32. The van der Waals surface area contributed by atoms with Crippen molar-refractivity contribution in [3.8, 4) is 0 Å². The first-order valence-corrected chi connectivity index (χ1v) is 8.75. The van der Waals surface area contributed by atoms with Gasteiger partial charge < -0.3 is 10.4 Å². The van der Waals surface area contributed by atoms with E-state index in [4.69, 9.17) is 9.94 Å². The summed E-state index contributed by atoms with van der Waals surface area (Å²) in [7, 11) is 0. The summed E-state index contributed by atoms with van der Waals surface area (Å²) >= 11 is 0. The van der Waals surface area contributed by atoms with Gasteiger partial charge in [0.05, 0.1) is 16.1 Å². The van der Waals surface area contributed by atoms with E-state index in [1.807, 2.05) is 20.8 Å². The molecule has 1 rings (SSSR count). The van der Waals surface area contributed by atoms with Crippen molar-refractivity contribution in [2.45, 2.75) is 52.1 Å². The number of rotatable bonds is 11. The summed E-state index contributed by atoms with van der Waals surface area (Å²) < 4.78 is 0. The van der Waals surface area contributed by atoms with Gasteiger partial charge in [-0.2, -0.15) is 0 Å². The molecule has 0 saturated heterocycles. The van der Waals surface area contributed by atoms with Crippen molar-refractivity contribution in [1.82, 2.24) is 5.06 Å². The van der Waals surface area contributed by atoms with Crippen molar-refractivity contribution in [1.29, 1.82) is 0 Å². The maximum absolute atomic E-state index is 12.0. The van der Waals surface area contributed by atoms with Gasteiger partial charge in [-0.3, -0.25) is 24.5 Å². The number of hydroxylamine groups is 2. The molecule has 0 heterocycles. The zero-order valence-corrected chi connectivity index (χ0v) is 16.1. The Labute approximate surface area is 162 Å². The number of hydrogen-bond donors (Lipinski definition) is 2. The van der Waals surface area contributed by atoms with Gasteiger partial charge in [-0.05, 0) is 39.7 Å². The van der Waals surface area contributed by atoms with Crippen molar-refractivity contribution in [2.24, 2.45) is 0 Å².